The largest absolute Gasteiger partial charge is 0.325 e. The van der Waals surface area contributed by atoms with Gasteiger partial charge in [0.2, 0.25) is 11.8 Å². The second-order valence-corrected chi connectivity index (χ2v) is 5.86. The quantitative estimate of drug-likeness (QED) is 0.884. The summed E-state index contributed by atoms with van der Waals surface area (Å²) < 4.78 is 0. The summed E-state index contributed by atoms with van der Waals surface area (Å²) in [5.74, 6) is -1.07. The van der Waals surface area contributed by atoms with Crippen LogP contribution in [0.25, 0.3) is 0 Å². The first-order valence-electron chi connectivity index (χ1n) is 7.75. The maximum Gasteiger partial charge on any atom is 0.232 e. The Morgan fingerprint density at radius 3 is 2.50 bits per heavy atom. The summed E-state index contributed by atoms with van der Waals surface area (Å²) in [5.41, 5.74) is 2.49. The fraction of sp³-hybridized carbons (Fsp3) is 0.211. The molecule has 2 aromatic carbocycles. The van der Waals surface area contributed by atoms with E-state index in [2.05, 4.69) is 5.32 Å². The molecular formula is C19H18N2O3. The summed E-state index contributed by atoms with van der Waals surface area (Å²) in [6.45, 7) is 1.46. The standard InChI is InChI=1S/C19H18N2O3/c1-12(22)13-7-3-5-9-16(13)20-19(24)15-11-18(23)21(2)17-10-6-4-8-14(15)17/h3-10,15H,11H2,1-2H3,(H,20,24)/t15-/m0/s1. The number of nitrogens with one attached hydrogen (secondary N) is 1. The number of hydrogen-bond donors (Lipinski definition) is 1. The SMILES string of the molecule is CC(=O)c1ccccc1NC(=O)[C@H]1CC(=O)N(C)c2ccccc21. The van der Waals surface area contributed by atoms with Gasteiger partial charge in [-0.25, -0.2) is 0 Å². The van der Waals surface area contributed by atoms with Crippen molar-refractivity contribution in [1.29, 1.82) is 0 Å². The van der Waals surface area contributed by atoms with Crippen molar-refractivity contribution in [2.45, 2.75) is 19.3 Å². The number of rotatable bonds is 3. The van der Waals surface area contributed by atoms with Crippen LogP contribution in [0.1, 0.15) is 35.2 Å². The van der Waals surface area contributed by atoms with Crippen LogP contribution in [0.2, 0.25) is 0 Å². The number of para-hydroxylation sites is 2. The molecule has 122 valence electrons. The van der Waals surface area contributed by atoms with Crippen LogP contribution < -0.4 is 10.2 Å². The van der Waals surface area contributed by atoms with E-state index in [1.807, 2.05) is 24.3 Å². The topological polar surface area (TPSA) is 66.5 Å². The Hall–Kier alpha value is -2.95. The van der Waals surface area contributed by atoms with Crippen LogP contribution in [0.4, 0.5) is 11.4 Å². The molecule has 3 rings (SSSR count). The first-order chi connectivity index (χ1) is 11.5. The minimum atomic E-state index is -0.565. The first-order valence-corrected chi connectivity index (χ1v) is 7.75. The van der Waals surface area contributed by atoms with Crippen molar-refractivity contribution in [2.24, 2.45) is 0 Å². The van der Waals surface area contributed by atoms with Crippen LogP contribution >= 0.6 is 0 Å². The van der Waals surface area contributed by atoms with E-state index >= 15 is 0 Å². The zero-order chi connectivity index (χ0) is 17.3. The number of Topliss-reactive ketones (excluding diaryl/α,β-unsaturated/α-hetero) is 1. The lowest BCUT2D eigenvalue weighted by atomic mass is 9.88. The van der Waals surface area contributed by atoms with E-state index in [0.717, 1.165) is 11.3 Å². The summed E-state index contributed by atoms with van der Waals surface area (Å²) in [6, 6.07) is 14.3. The molecule has 0 fully saturated rings. The smallest absolute Gasteiger partial charge is 0.232 e. The van der Waals surface area contributed by atoms with E-state index in [1.165, 1.54) is 6.92 Å². The van der Waals surface area contributed by atoms with Crippen molar-refractivity contribution in [3.05, 3.63) is 59.7 Å². The summed E-state index contributed by atoms with van der Waals surface area (Å²) in [4.78, 5) is 38.2. The van der Waals surface area contributed by atoms with E-state index in [0.29, 0.717) is 11.3 Å². The molecule has 0 spiro atoms. The Bertz CT molecular complexity index is 829. The molecule has 5 heteroatoms. The Labute approximate surface area is 140 Å². The molecule has 0 aromatic heterocycles. The van der Waals surface area contributed by atoms with Crippen LogP contribution in [0.3, 0.4) is 0 Å². The molecular weight excluding hydrogens is 304 g/mol. The van der Waals surface area contributed by atoms with E-state index in [9.17, 15) is 14.4 Å². The molecule has 0 radical (unpaired) electrons. The van der Waals surface area contributed by atoms with E-state index in [-0.39, 0.29) is 24.0 Å². The molecule has 1 heterocycles. The molecule has 5 nitrogen and oxygen atoms in total. The van der Waals surface area contributed by atoms with Crippen LogP contribution in [-0.2, 0) is 9.59 Å². The summed E-state index contributed by atoms with van der Waals surface area (Å²) in [7, 11) is 1.71. The minimum absolute atomic E-state index is 0.103. The molecule has 2 amide bonds. The number of amides is 2. The van der Waals surface area contributed by atoms with Crippen LogP contribution in [-0.4, -0.2) is 24.6 Å². The number of carbonyl (C=O) groups is 3. The maximum absolute atomic E-state index is 12.8. The summed E-state index contributed by atoms with van der Waals surface area (Å²) in [6.07, 6.45) is 0.113. The fourth-order valence-electron chi connectivity index (χ4n) is 3.00. The highest BCUT2D eigenvalue weighted by atomic mass is 16.2. The highest BCUT2D eigenvalue weighted by Gasteiger charge is 2.33. The van der Waals surface area contributed by atoms with Crippen molar-refractivity contribution in [3.63, 3.8) is 0 Å². The highest BCUT2D eigenvalue weighted by Crippen LogP contribution is 2.35. The zero-order valence-electron chi connectivity index (χ0n) is 13.6. The van der Waals surface area contributed by atoms with Crippen molar-refractivity contribution in [1.82, 2.24) is 0 Å². The van der Waals surface area contributed by atoms with Gasteiger partial charge in [0.1, 0.15) is 0 Å². The number of nitrogens with zero attached hydrogens (tertiary/aromatic N) is 1. The fourth-order valence-corrected chi connectivity index (χ4v) is 3.00. The van der Waals surface area contributed by atoms with Gasteiger partial charge in [-0.2, -0.15) is 0 Å². The van der Waals surface area contributed by atoms with E-state index < -0.39 is 5.92 Å². The van der Waals surface area contributed by atoms with Crippen molar-refractivity contribution >= 4 is 29.0 Å². The first kappa shape index (κ1) is 15.9. The molecule has 0 saturated carbocycles. The lowest BCUT2D eigenvalue weighted by molar-refractivity contribution is -0.124. The van der Waals surface area contributed by atoms with Gasteiger partial charge in [0, 0.05) is 24.7 Å². The number of benzene rings is 2. The average molecular weight is 322 g/mol. The zero-order valence-corrected chi connectivity index (χ0v) is 13.6. The predicted molar refractivity (Wildman–Crippen MR) is 92.3 cm³/mol. The predicted octanol–water partition coefficient (Wildman–Crippen LogP) is 2.98. The highest BCUT2D eigenvalue weighted by molar-refractivity contribution is 6.08. The molecule has 0 bridgehead atoms. The monoisotopic (exact) mass is 322 g/mol. The van der Waals surface area contributed by atoms with Gasteiger partial charge >= 0.3 is 0 Å². The van der Waals surface area contributed by atoms with Gasteiger partial charge in [-0.3, -0.25) is 14.4 Å². The molecule has 1 aliphatic rings. The van der Waals surface area contributed by atoms with Crippen molar-refractivity contribution in [2.75, 3.05) is 17.3 Å². The minimum Gasteiger partial charge on any atom is -0.325 e. The third kappa shape index (κ3) is 2.80. The van der Waals surface area contributed by atoms with Gasteiger partial charge in [-0.05, 0) is 30.7 Å². The van der Waals surface area contributed by atoms with Gasteiger partial charge < -0.3 is 10.2 Å². The van der Waals surface area contributed by atoms with E-state index in [4.69, 9.17) is 0 Å². The molecule has 2 aromatic rings. The average Bonchev–Trinajstić information content (AvgIpc) is 2.58. The van der Waals surface area contributed by atoms with Crippen LogP contribution in [0.15, 0.2) is 48.5 Å². The summed E-state index contributed by atoms with van der Waals surface area (Å²) in [5, 5.41) is 2.81. The third-order valence-corrected chi connectivity index (χ3v) is 4.31. The molecule has 1 atom stereocenters. The van der Waals surface area contributed by atoms with Gasteiger partial charge in [0.15, 0.2) is 5.78 Å². The number of hydrogen-bond acceptors (Lipinski definition) is 3. The number of fused-ring (bicyclic) bond motifs is 1. The molecule has 24 heavy (non-hydrogen) atoms. The summed E-state index contributed by atoms with van der Waals surface area (Å²) >= 11 is 0. The Balaban J connectivity index is 1.93. The lowest BCUT2D eigenvalue weighted by Crippen LogP contribution is -2.37. The Morgan fingerprint density at radius 1 is 1.08 bits per heavy atom. The van der Waals surface area contributed by atoms with Gasteiger partial charge in [-0.15, -0.1) is 0 Å². The van der Waals surface area contributed by atoms with Crippen molar-refractivity contribution < 1.29 is 14.4 Å². The number of carbonyl (C=O) groups excluding carboxylic acids is 3. The Morgan fingerprint density at radius 2 is 1.75 bits per heavy atom. The Kier molecular flexibility index (Phi) is 4.16. The van der Waals surface area contributed by atoms with Gasteiger partial charge in [0.25, 0.3) is 0 Å². The molecule has 0 aliphatic carbocycles. The molecule has 1 N–H and O–H groups in total. The molecule has 1 aliphatic heterocycles. The van der Waals surface area contributed by atoms with Crippen molar-refractivity contribution in [3.8, 4) is 0 Å². The van der Waals surface area contributed by atoms with Gasteiger partial charge in [0.05, 0.1) is 11.6 Å². The maximum atomic E-state index is 12.8. The van der Waals surface area contributed by atoms with E-state index in [1.54, 1.807) is 36.2 Å². The second-order valence-electron chi connectivity index (χ2n) is 5.86. The second kappa shape index (κ2) is 6.28. The molecule has 0 saturated heterocycles. The van der Waals surface area contributed by atoms with Crippen LogP contribution in [0.5, 0.6) is 0 Å². The molecule has 0 unspecified atom stereocenters. The third-order valence-electron chi connectivity index (χ3n) is 4.31. The lowest BCUT2D eigenvalue weighted by Gasteiger charge is -2.31. The number of ketones is 1. The van der Waals surface area contributed by atoms with Crippen LogP contribution in [0, 0.1) is 0 Å². The number of anilines is 2. The van der Waals surface area contributed by atoms with Gasteiger partial charge in [-0.1, -0.05) is 30.3 Å². The normalized spacial score (nSPS) is 16.5.